The van der Waals surface area contributed by atoms with Gasteiger partial charge in [-0.15, -0.1) is 0 Å². The number of unbranched alkanes of at least 4 members (excludes halogenated alkanes) is 5. The zero-order chi connectivity index (χ0) is 15.3. The van der Waals surface area contributed by atoms with Gasteiger partial charge >= 0.3 is 0 Å². The molecule has 0 aromatic heterocycles. The summed E-state index contributed by atoms with van der Waals surface area (Å²) in [6, 6.07) is -0.374. The molecule has 4 atom stereocenters. The highest BCUT2D eigenvalue weighted by Gasteiger charge is 2.52. The Hall–Kier alpha value is -0.200. The summed E-state index contributed by atoms with van der Waals surface area (Å²) >= 11 is 0. The van der Waals surface area contributed by atoms with E-state index in [4.69, 9.17) is 0 Å². The van der Waals surface area contributed by atoms with Crippen LogP contribution in [0.5, 0.6) is 0 Å². The molecule has 5 nitrogen and oxygen atoms in total. The maximum Gasteiger partial charge on any atom is 0.135 e. The molecular formula is C16H32N2O3. The highest BCUT2D eigenvalue weighted by atomic mass is 16.3. The number of hydrogen-bond acceptors (Lipinski definition) is 5. The Kier molecular flexibility index (Phi) is 6.44. The van der Waals surface area contributed by atoms with Crippen molar-refractivity contribution in [3.05, 3.63) is 0 Å². The third kappa shape index (κ3) is 4.17. The van der Waals surface area contributed by atoms with Crippen molar-refractivity contribution in [1.82, 2.24) is 10.2 Å². The van der Waals surface area contributed by atoms with Crippen molar-refractivity contribution in [2.24, 2.45) is 0 Å². The number of rotatable bonds is 8. The van der Waals surface area contributed by atoms with Gasteiger partial charge in [0.2, 0.25) is 0 Å². The quantitative estimate of drug-likeness (QED) is 0.394. The van der Waals surface area contributed by atoms with Crippen molar-refractivity contribution in [1.29, 1.82) is 0 Å². The highest BCUT2D eigenvalue weighted by Crippen LogP contribution is 2.33. The number of hydrogen-bond donors (Lipinski definition) is 4. The number of fused-ring (bicyclic) bond motifs is 1. The first-order valence-electron chi connectivity index (χ1n) is 8.66. The van der Waals surface area contributed by atoms with Crippen molar-refractivity contribution in [2.75, 3.05) is 19.6 Å². The van der Waals surface area contributed by atoms with Crippen LogP contribution in [0.1, 0.15) is 58.3 Å². The Morgan fingerprint density at radius 2 is 1.81 bits per heavy atom. The molecular weight excluding hydrogens is 268 g/mol. The van der Waals surface area contributed by atoms with Crippen molar-refractivity contribution < 1.29 is 15.3 Å². The molecule has 21 heavy (non-hydrogen) atoms. The summed E-state index contributed by atoms with van der Waals surface area (Å²) in [6.45, 7) is 4.53. The van der Waals surface area contributed by atoms with Gasteiger partial charge in [-0.3, -0.25) is 10.2 Å². The highest BCUT2D eigenvalue weighted by molar-refractivity contribution is 5.05. The molecule has 2 fully saturated rings. The van der Waals surface area contributed by atoms with Gasteiger partial charge in [0.15, 0.2) is 0 Å². The minimum absolute atomic E-state index is 0.374. The molecule has 0 amide bonds. The summed E-state index contributed by atoms with van der Waals surface area (Å²) in [5, 5.41) is 34.1. The zero-order valence-corrected chi connectivity index (χ0v) is 13.3. The van der Waals surface area contributed by atoms with Gasteiger partial charge in [-0.05, 0) is 19.4 Å². The van der Waals surface area contributed by atoms with Crippen LogP contribution in [0.4, 0.5) is 0 Å². The van der Waals surface area contributed by atoms with Crippen LogP contribution in [0.15, 0.2) is 0 Å². The van der Waals surface area contributed by atoms with Crippen molar-refractivity contribution in [3.8, 4) is 0 Å². The topological polar surface area (TPSA) is 76.0 Å². The number of nitrogens with zero attached hydrogens (tertiary/aromatic N) is 1. The van der Waals surface area contributed by atoms with Crippen LogP contribution in [-0.4, -0.2) is 63.8 Å². The normalized spacial score (nSPS) is 36.9. The number of aliphatic hydroxyl groups is 3. The average molecular weight is 300 g/mol. The average Bonchev–Trinajstić information content (AvgIpc) is 2.80. The molecule has 124 valence electrons. The van der Waals surface area contributed by atoms with E-state index < -0.39 is 17.9 Å². The summed E-state index contributed by atoms with van der Waals surface area (Å²) in [4.78, 5) is 2.10. The summed E-state index contributed by atoms with van der Waals surface area (Å²) < 4.78 is 0. The van der Waals surface area contributed by atoms with E-state index in [9.17, 15) is 15.3 Å². The van der Waals surface area contributed by atoms with E-state index in [2.05, 4.69) is 17.1 Å². The first kappa shape index (κ1) is 17.2. The van der Waals surface area contributed by atoms with E-state index in [1.807, 2.05) is 0 Å². The largest absolute Gasteiger partial charge is 0.390 e. The minimum Gasteiger partial charge on any atom is -0.390 e. The standard InChI is InChI=1S/C16H32N2O3/c1-2-3-4-5-6-7-10-17-16(21)9-12-18-11-8-13(19)14(20)15(16)18/h13-15,17,19-21H,2-12H2,1H3. The van der Waals surface area contributed by atoms with Crippen LogP contribution in [0.25, 0.3) is 0 Å². The van der Waals surface area contributed by atoms with Gasteiger partial charge in [0.25, 0.3) is 0 Å². The van der Waals surface area contributed by atoms with Gasteiger partial charge in [0.05, 0.1) is 18.2 Å². The monoisotopic (exact) mass is 300 g/mol. The SMILES string of the molecule is CCCCCCCCNC1(O)CCN2CCC(O)C(O)C21. The Labute approximate surface area is 128 Å². The molecule has 0 aromatic carbocycles. The van der Waals surface area contributed by atoms with E-state index in [1.54, 1.807) is 0 Å². The number of aliphatic hydroxyl groups excluding tert-OH is 2. The van der Waals surface area contributed by atoms with Crippen LogP contribution < -0.4 is 5.32 Å². The number of piperidine rings is 1. The molecule has 4 unspecified atom stereocenters. The minimum atomic E-state index is -1.05. The molecule has 0 saturated carbocycles. The molecule has 0 aromatic rings. The maximum absolute atomic E-state index is 10.8. The van der Waals surface area contributed by atoms with Crippen molar-refractivity contribution >= 4 is 0 Å². The smallest absolute Gasteiger partial charge is 0.135 e. The molecule has 0 radical (unpaired) electrons. The molecule has 0 bridgehead atoms. The third-order valence-electron chi connectivity index (χ3n) is 5.05. The molecule has 5 heteroatoms. The fourth-order valence-electron chi connectivity index (χ4n) is 3.73. The van der Waals surface area contributed by atoms with Crippen LogP contribution in [0.3, 0.4) is 0 Å². The predicted molar refractivity (Wildman–Crippen MR) is 82.9 cm³/mol. The van der Waals surface area contributed by atoms with Crippen molar-refractivity contribution in [2.45, 2.75) is 82.3 Å². The second-order valence-electron chi connectivity index (χ2n) is 6.70. The number of nitrogens with one attached hydrogen (secondary N) is 1. The predicted octanol–water partition coefficient (Wildman–Crippen LogP) is 0.825. The molecule has 2 saturated heterocycles. The second kappa shape index (κ2) is 7.88. The summed E-state index contributed by atoms with van der Waals surface area (Å²) in [5.41, 5.74) is -1.05. The Bertz CT molecular complexity index is 316. The molecule has 2 rings (SSSR count). The van der Waals surface area contributed by atoms with Gasteiger partial charge in [-0.25, -0.2) is 0 Å². The molecule has 4 N–H and O–H groups in total. The lowest BCUT2D eigenvalue weighted by Crippen LogP contribution is -2.64. The summed E-state index contributed by atoms with van der Waals surface area (Å²) in [7, 11) is 0. The van der Waals surface area contributed by atoms with Gasteiger partial charge < -0.3 is 15.3 Å². The van der Waals surface area contributed by atoms with Crippen LogP contribution >= 0.6 is 0 Å². The second-order valence-corrected chi connectivity index (χ2v) is 6.70. The molecule has 2 heterocycles. The first-order chi connectivity index (χ1) is 10.1. The van der Waals surface area contributed by atoms with E-state index in [1.165, 1.54) is 32.1 Å². The molecule has 2 aliphatic heterocycles. The third-order valence-corrected chi connectivity index (χ3v) is 5.05. The van der Waals surface area contributed by atoms with E-state index >= 15 is 0 Å². The lowest BCUT2D eigenvalue weighted by molar-refractivity contribution is -0.129. The van der Waals surface area contributed by atoms with Crippen LogP contribution in [0.2, 0.25) is 0 Å². The lowest BCUT2D eigenvalue weighted by Gasteiger charge is -2.43. The van der Waals surface area contributed by atoms with Gasteiger partial charge in [0, 0.05) is 19.5 Å². The van der Waals surface area contributed by atoms with E-state index in [0.29, 0.717) is 12.8 Å². The fraction of sp³-hybridized carbons (Fsp3) is 1.00. The van der Waals surface area contributed by atoms with Gasteiger partial charge in [-0.2, -0.15) is 0 Å². The Morgan fingerprint density at radius 3 is 2.57 bits per heavy atom. The lowest BCUT2D eigenvalue weighted by atomic mass is 9.90. The molecule has 2 aliphatic rings. The van der Waals surface area contributed by atoms with Gasteiger partial charge in [0.1, 0.15) is 5.72 Å². The Morgan fingerprint density at radius 1 is 1.10 bits per heavy atom. The maximum atomic E-state index is 10.8. The fourth-order valence-corrected chi connectivity index (χ4v) is 3.73. The first-order valence-corrected chi connectivity index (χ1v) is 8.66. The summed E-state index contributed by atoms with van der Waals surface area (Å²) in [5.74, 6) is 0. The molecule has 0 aliphatic carbocycles. The van der Waals surface area contributed by atoms with Crippen molar-refractivity contribution in [3.63, 3.8) is 0 Å². The molecule has 0 spiro atoms. The summed E-state index contributed by atoms with van der Waals surface area (Å²) in [6.07, 6.45) is 6.99. The van der Waals surface area contributed by atoms with Crippen LogP contribution in [0, 0.1) is 0 Å². The van der Waals surface area contributed by atoms with Crippen LogP contribution in [-0.2, 0) is 0 Å². The van der Waals surface area contributed by atoms with E-state index in [0.717, 1.165) is 26.1 Å². The zero-order valence-electron chi connectivity index (χ0n) is 13.3. The Balaban J connectivity index is 1.74. The van der Waals surface area contributed by atoms with Gasteiger partial charge in [-0.1, -0.05) is 39.0 Å². The van der Waals surface area contributed by atoms with E-state index in [-0.39, 0.29) is 6.04 Å².